The Balaban J connectivity index is 1.62. The zero-order valence-corrected chi connectivity index (χ0v) is 18.2. The van der Waals surface area contributed by atoms with Crippen LogP contribution in [-0.2, 0) is 19.6 Å². The molecular weight excluding hydrogens is 408 g/mol. The van der Waals surface area contributed by atoms with Gasteiger partial charge in [-0.3, -0.25) is 4.90 Å². The fourth-order valence-electron chi connectivity index (χ4n) is 3.93. The summed E-state index contributed by atoms with van der Waals surface area (Å²) in [6.07, 6.45) is 0. The van der Waals surface area contributed by atoms with E-state index in [4.69, 9.17) is 5.26 Å². The minimum absolute atomic E-state index is 0.280. The third-order valence-corrected chi connectivity index (χ3v) is 5.59. The molecule has 4 nitrogen and oxygen atoms in total. The molecule has 0 radical (unpaired) electrons. The third-order valence-electron chi connectivity index (χ3n) is 5.59. The second-order valence-electron chi connectivity index (χ2n) is 7.98. The van der Waals surface area contributed by atoms with Crippen molar-refractivity contribution in [3.05, 3.63) is 131 Å². The van der Waals surface area contributed by atoms with E-state index in [9.17, 15) is 9.90 Å². The topological polar surface area (TPSA) is 64.3 Å². The smallest absolute Gasteiger partial charge is 0.335 e. The van der Waals surface area contributed by atoms with E-state index in [2.05, 4.69) is 35.2 Å². The highest BCUT2D eigenvalue weighted by Crippen LogP contribution is 2.26. The molecule has 4 rings (SSSR count). The van der Waals surface area contributed by atoms with Crippen LogP contribution < -0.4 is 0 Å². The normalized spacial score (nSPS) is 10.7. The number of carboxylic acid groups (broad SMARTS) is 1. The number of nitriles is 1. The van der Waals surface area contributed by atoms with Gasteiger partial charge in [-0.1, -0.05) is 78.9 Å². The monoisotopic (exact) mass is 432 g/mol. The van der Waals surface area contributed by atoms with Gasteiger partial charge in [-0.25, -0.2) is 4.79 Å². The van der Waals surface area contributed by atoms with Gasteiger partial charge in [0.15, 0.2) is 0 Å². The molecule has 0 aliphatic heterocycles. The van der Waals surface area contributed by atoms with E-state index in [1.165, 1.54) is 11.1 Å². The van der Waals surface area contributed by atoms with Gasteiger partial charge in [0.25, 0.3) is 0 Å². The molecule has 1 N–H and O–H groups in total. The van der Waals surface area contributed by atoms with Crippen LogP contribution in [0.1, 0.15) is 32.6 Å². The fourth-order valence-corrected chi connectivity index (χ4v) is 3.93. The van der Waals surface area contributed by atoms with Crippen LogP contribution in [0.15, 0.2) is 103 Å². The van der Waals surface area contributed by atoms with E-state index in [1.807, 2.05) is 66.7 Å². The van der Waals surface area contributed by atoms with E-state index < -0.39 is 5.97 Å². The molecule has 0 saturated carbocycles. The largest absolute Gasteiger partial charge is 0.478 e. The first-order valence-corrected chi connectivity index (χ1v) is 10.8. The van der Waals surface area contributed by atoms with Gasteiger partial charge >= 0.3 is 5.97 Å². The molecule has 0 heterocycles. The fraction of sp³-hybridized carbons (Fsp3) is 0.103. The van der Waals surface area contributed by atoms with Crippen molar-refractivity contribution >= 4 is 5.97 Å². The molecule has 162 valence electrons. The quantitative estimate of drug-likeness (QED) is 0.364. The molecule has 0 atom stereocenters. The first-order valence-electron chi connectivity index (χ1n) is 10.8. The predicted octanol–water partition coefficient (Wildman–Crippen LogP) is 6.13. The number of aromatic carboxylic acids is 1. The summed E-state index contributed by atoms with van der Waals surface area (Å²) in [6, 6.07) is 35.5. The first kappa shape index (κ1) is 22.0. The Morgan fingerprint density at radius 2 is 1.33 bits per heavy atom. The average Bonchev–Trinajstić information content (AvgIpc) is 2.85. The van der Waals surface area contributed by atoms with E-state index in [0.29, 0.717) is 5.56 Å². The number of nitrogens with zero attached hydrogens (tertiary/aromatic N) is 2. The Morgan fingerprint density at radius 1 is 0.727 bits per heavy atom. The minimum atomic E-state index is -0.925. The van der Waals surface area contributed by atoms with Gasteiger partial charge in [0.2, 0.25) is 0 Å². The maximum atomic E-state index is 11.2. The SMILES string of the molecule is N#Cc1ccc(CN(Cc2ccccc2)Cc2ccccc2-c2ccc(C(=O)O)cc2)cc1. The van der Waals surface area contributed by atoms with Gasteiger partial charge in [0.1, 0.15) is 0 Å². The highest BCUT2D eigenvalue weighted by atomic mass is 16.4. The standard InChI is InChI=1S/C29H24N2O2/c30-18-22-10-12-24(13-11-22)20-31(19-23-6-2-1-3-7-23)21-27-8-4-5-9-28(27)25-14-16-26(17-15-25)29(32)33/h1-17H,19-21H2,(H,32,33). The molecule has 0 spiro atoms. The molecule has 0 bridgehead atoms. The summed E-state index contributed by atoms with van der Waals surface area (Å²) < 4.78 is 0. The van der Waals surface area contributed by atoms with Crippen LogP contribution in [0.2, 0.25) is 0 Å². The lowest BCUT2D eigenvalue weighted by Crippen LogP contribution is -2.22. The zero-order chi connectivity index (χ0) is 23.0. The number of rotatable bonds is 8. The predicted molar refractivity (Wildman–Crippen MR) is 129 cm³/mol. The molecule has 0 saturated heterocycles. The van der Waals surface area contributed by atoms with Crippen LogP contribution in [0.5, 0.6) is 0 Å². The van der Waals surface area contributed by atoms with Gasteiger partial charge in [-0.05, 0) is 52.1 Å². The van der Waals surface area contributed by atoms with Gasteiger partial charge in [-0.2, -0.15) is 5.26 Å². The summed E-state index contributed by atoms with van der Waals surface area (Å²) in [5.74, 6) is -0.925. The van der Waals surface area contributed by atoms with Crippen LogP contribution in [0.4, 0.5) is 0 Å². The van der Waals surface area contributed by atoms with Crippen molar-refractivity contribution in [2.45, 2.75) is 19.6 Å². The summed E-state index contributed by atoms with van der Waals surface area (Å²) in [6.45, 7) is 2.26. The number of carboxylic acids is 1. The van der Waals surface area contributed by atoms with Crippen molar-refractivity contribution in [1.82, 2.24) is 4.90 Å². The molecular formula is C29H24N2O2. The van der Waals surface area contributed by atoms with Crippen LogP contribution in [0.25, 0.3) is 11.1 Å². The molecule has 0 aromatic heterocycles. The lowest BCUT2D eigenvalue weighted by molar-refractivity contribution is 0.0697. The van der Waals surface area contributed by atoms with Crippen molar-refractivity contribution in [1.29, 1.82) is 5.26 Å². The lowest BCUT2D eigenvalue weighted by atomic mass is 9.98. The maximum Gasteiger partial charge on any atom is 0.335 e. The van der Waals surface area contributed by atoms with E-state index in [0.717, 1.165) is 36.3 Å². The molecule has 0 amide bonds. The molecule has 0 unspecified atom stereocenters. The molecule has 0 fully saturated rings. The molecule has 33 heavy (non-hydrogen) atoms. The molecule has 0 aliphatic carbocycles. The second kappa shape index (κ2) is 10.4. The minimum Gasteiger partial charge on any atom is -0.478 e. The molecule has 4 aromatic rings. The highest BCUT2D eigenvalue weighted by molar-refractivity contribution is 5.88. The summed E-state index contributed by atoms with van der Waals surface area (Å²) in [5, 5.41) is 18.3. The van der Waals surface area contributed by atoms with Gasteiger partial charge in [-0.15, -0.1) is 0 Å². The molecule has 4 heteroatoms. The third kappa shape index (κ3) is 5.74. The average molecular weight is 433 g/mol. The van der Waals surface area contributed by atoms with Crippen molar-refractivity contribution in [3.63, 3.8) is 0 Å². The van der Waals surface area contributed by atoms with Gasteiger partial charge in [0, 0.05) is 19.6 Å². The summed E-state index contributed by atoms with van der Waals surface area (Å²) in [7, 11) is 0. The Morgan fingerprint density at radius 3 is 1.97 bits per heavy atom. The number of carbonyl (C=O) groups is 1. The van der Waals surface area contributed by atoms with Gasteiger partial charge in [0.05, 0.1) is 17.2 Å². The van der Waals surface area contributed by atoms with Crippen LogP contribution in [-0.4, -0.2) is 16.0 Å². The van der Waals surface area contributed by atoms with Crippen LogP contribution in [0.3, 0.4) is 0 Å². The second-order valence-corrected chi connectivity index (χ2v) is 7.98. The summed E-state index contributed by atoms with van der Waals surface area (Å²) >= 11 is 0. The number of hydrogen-bond acceptors (Lipinski definition) is 3. The van der Waals surface area contributed by atoms with Crippen molar-refractivity contribution in [2.24, 2.45) is 0 Å². The Labute approximate surface area is 194 Å². The Hall–Kier alpha value is -4.20. The van der Waals surface area contributed by atoms with Crippen LogP contribution >= 0.6 is 0 Å². The van der Waals surface area contributed by atoms with Crippen LogP contribution in [0, 0.1) is 11.3 Å². The van der Waals surface area contributed by atoms with Crippen molar-refractivity contribution < 1.29 is 9.90 Å². The van der Waals surface area contributed by atoms with E-state index in [1.54, 1.807) is 12.1 Å². The number of benzene rings is 4. The van der Waals surface area contributed by atoms with E-state index >= 15 is 0 Å². The molecule has 4 aromatic carbocycles. The number of hydrogen-bond donors (Lipinski definition) is 1. The summed E-state index contributed by atoms with van der Waals surface area (Å²) in [4.78, 5) is 13.6. The van der Waals surface area contributed by atoms with Crippen molar-refractivity contribution in [3.8, 4) is 17.2 Å². The van der Waals surface area contributed by atoms with Gasteiger partial charge < -0.3 is 5.11 Å². The first-order chi connectivity index (χ1) is 16.1. The highest BCUT2D eigenvalue weighted by Gasteiger charge is 2.13. The zero-order valence-electron chi connectivity index (χ0n) is 18.2. The lowest BCUT2D eigenvalue weighted by Gasteiger charge is -2.24. The summed E-state index contributed by atoms with van der Waals surface area (Å²) in [5.41, 5.74) is 6.57. The van der Waals surface area contributed by atoms with Crippen molar-refractivity contribution in [2.75, 3.05) is 0 Å². The Kier molecular flexibility index (Phi) is 6.94. The maximum absolute atomic E-state index is 11.2. The Bertz CT molecular complexity index is 1260. The molecule has 0 aliphatic rings. The van der Waals surface area contributed by atoms with E-state index in [-0.39, 0.29) is 5.56 Å².